The molecule has 0 spiro atoms. The fourth-order valence-electron chi connectivity index (χ4n) is 1.91. The van der Waals surface area contributed by atoms with Crippen LogP contribution >= 0.6 is 0 Å². The van der Waals surface area contributed by atoms with Gasteiger partial charge in [-0.05, 0) is 30.7 Å². The molecule has 0 aliphatic heterocycles. The van der Waals surface area contributed by atoms with Crippen molar-refractivity contribution in [2.45, 2.75) is 45.4 Å². The molecule has 2 aromatic rings. The molecule has 0 saturated heterocycles. The molecule has 6 heteroatoms. The number of anilines is 1. The second kappa shape index (κ2) is 7.05. The molecule has 6 nitrogen and oxygen atoms in total. The van der Waals surface area contributed by atoms with E-state index in [0.717, 1.165) is 0 Å². The topological polar surface area (TPSA) is 91.8 Å². The van der Waals surface area contributed by atoms with Crippen molar-refractivity contribution in [3.05, 3.63) is 41.5 Å². The molecule has 0 fully saturated rings. The second-order valence-corrected chi connectivity index (χ2v) is 6.35. The van der Waals surface area contributed by atoms with Gasteiger partial charge in [-0.2, -0.15) is 10.2 Å². The Bertz CT molecular complexity index is 705. The number of rotatable bonds is 5. The van der Waals surface area contributed by atoms with Crippen molar-refractivity contribution in [1.82, 2.24) is 10.1 Å². The molecule has 1 aromatic carbocycles. The molecule has 0 aliphatic carbocycles. The Balaban J connectivity index is 1.78. The molecule has 0 aliphatic rings. The first kappa shape index (κ1) is 16.7. The molecule has 120 valence electrons. The molecule has 1 heterocycles. The van der Waals surface area contributed by atoms with E-state index >= 15 is 0 Å². The van der Waals surface area contributed by atoms with Crippen LogP contribution in [-0.4, -0.2) is 16.0 Å². The third-order valence-corrected chi connectivity index (χ3v) is 3.23. The maximum atomic E-state index is 11.9. The number of hydrogen-bond acceptors (Lipinski definition) is 5. The highest BCUT2D eigenvalue weighted by Crippen LogP contribution is 2.19. The first-order valence-corrected chi connectivity index (χ1v) is 7.51. The summed E-state index contributed by atoms with van der Waals surface area (Å²) in [6.45, 7) is 6.06. The molecule has 1 aromatic heterocycles. The van der Waals surface area contributed by atoms with E-state index in [9.17, 15) is 4.79 Å². The van der Waals surface area contributed by atoms with Crippen LogP contribution < -0.4 is 5.32 Å². The summed E-state index contributed by atoms with van der Waals surface area (Å²) in [6, 6.07) is 8.80. The minimum atomic E-state index is -0.144. The minimum Gasteiger partial charge on any atom is -0.339 e. The number of amides is 1. The SMILES string of the molecule is CC(C)(C)c1noc(CCCC(=O)Nc2ccc(C#N)cc2)n1. The van der Waals surface area contributed by atoms with Crippen molar-refractivity contribution in [2.24, 2.45) is 0 Å². The van der Waals surface area contributed by atoms with Gasteiger partial charge in [-0.25, -0.2) is 0 Å². The van der Waals surface area contributed by atoms with E-state index in [1.165, 1.54) is 0 Å². The van der Waals surface area contributed by atoms with Crippen LogP contribution in [0.5, 0.6) is 0 Å². The summed E-state index contributed by atoms with van der Waals surface area (Å²) in [4.78, 5) is 16.2. The third kappa shape index (κ3) is 4.92. The average Bonchev–Trinajstić information content (AvgIpc) is 2.97. The van der Waals surface area contributed by atoms with Gasteiger partial charge in [0.15, 0.2) is 5.82 Å². The van der Waals surface area contributed by atoms with E-state index < -0.39 is 0 Å². The van der Waals surface area contributed by atoms with Crippen LogP contribution in [0, 0.1) is 11.3 Å². The molecule has 0 radical (unpaired) electrons. The summed E-state index contributed by atoms with van der Waals surface area (Å²) in [5.41, 5.74) is 1.10. The lowest BCUT2D eigenvalue weighted by Crippen LogP contribution is -2.13. The summed E-state index contributed by atoms with van der Waals surface area (Å²) in [5, 5.41) is 15.5. The number of nitriles is 1. The van der Waals surface area contributed by atoms with Gasteiger partial charge in [-0.3, -0.25) is 4.79 Å². The summed E-state index contributed by atoms with van der Waals surface area (Å²) in [5.74, 6) is 1.15. The Kier molecular flexibility index (Phi) is 5.12. The molecular weight excluding hydrogens is 292 g/mol. The van der Waals surface area contributed by atoms with Gasteiger partial charge in [0.2, 0.25) is 11.8 Å². The maximum Gasteiger partial charge on any atom is 0.226 e. The zero-order valence-electron chi connectivity index (χ0n) is 13.6. The van der Waals surface area contributed by atoms with Crippen molar-refractivity contribution in [2.75, 3.05) is 5.32 Å². The highest BCUT2D eigenvalue weighted by atomic mass is 16.5. The predicted octanol–water partition coefficient (Wildman–Crippen LogP) is 3.20. The highest BCUT2D eigenvalue weighted by molar-refractivity contribution is 5.90. The number of nitrogens with one attached hydrogen (secondary N) is 1. The third-order valence-electron chi connectivity index (χ3n) is 3.23. The van der Waals surface area contributed by atoms with Gasteiger partial charge in [-0.15, -0.1) is 0 Å². The van der Waals surface area contributed by atoms with Crippen molar-refractivity contribution in [3.8, 4) is 6.07 Å². The summed E-state index contributed by atoms with van der Waals surface area (Å²) in [6.07, 6.45) is 1.57. The van der Waals surface area contributed by atoms with E-state index in [2.05, 4.69) is 15.5 Å². The van der Waals surface area contributed by atoms with Gasteiger partial charge in [0.25, 0.3) is 0 Å². The Morgan fingerprint density at radius 2 is 2.00 bits per heavy atom. The van der Waals surface area contributed by atoms with E-state index in [-0.39, 0.29) is 11.3 Å². The van der Waals surface area contributed by atoms with Gasteiger partial charge in [0.05, 0.1) is 11.6 Å². The molecule has 0 bridgehead atoms. The standard InChI is InChI=1S/C17H20N4O2/c1-17(2,3)16-20-15(23-21-16)6-4-5-14(22)19-13-9-7-12(11-18)8-10-13/h7-10H,4-6H2,1-3H3,(H,19,22). The number of aryl methyl sites for hydroxylation is 1. The quantitative estimate of drug-likeness (QED) is 0.915. The van der Waals surface area contributed by atoms with Crippen LogP contribution in [0.3, 0.4) is 0 Å². The molecule has 0 atom stereocenters. The molecule has 23 heavy (non-hydrogen) atoms. The molecular formula is C17H20N4O2. The summed E-state index contributed by atoms with van der Waals surface area (Å²) < 4.78 is 5.19. The zero-order chi connectivity index (χ0) is 16.9. The Labute approximate surface area is 135 Å². The Morgan fingerprint density at radius 1 is 1.30 bits per heavy atom. The number of carbonyl (C=O) groups is 1. The fourth-order valence-corrected chi connectivity index (χ4v) is 1.91. The molecule has 0 unspecified atom stereocenters. The lowest BCUT2D eigenvalue weighted by Gasteiger charge is -2.10. The van der Waals surface area contributed by atoms with E-state index in [1.807, 2.05) is 26.8 Å². The number of nitrogens with zero attached hydrogens (tertiary/aromatic N) is 3. The number of aromatic nitrogens is 2. The largest absolute Gasteiger partial charge is 0.339 e. The Hall–Kier alpha value is -2.68. The maximum absolute atomic E-state index is 11.9. The number of carbonyl (C=O) groups excluding carboxylic acids is 1. The van der Waals surface area contributed by atoms with E-state index in [0.29, 0.717) is 42.2 Å². The first-order chi connectivity index (χ1) is 10.9. The molecule has 1 amide bonds. The van der Waals surface area contributed by atoms with Gasteiger partial charge in [-0.1, -0.05) is 25.9 Å². The number of hydrogen-bond donors (Lipinski definition) is 1. The van der Waals surface area contributed by atoms with Crippen LogP contribution in [0.4, 0.5) is 5.69 Å². The monoisotopic (exact) mass is 312 g/mol. The molecule has 2 rings (SSSR count). The van der Waals surface area contributed by atoms with Crippen molar-refractivity contribution in [1.29, 1.82) is 5.26 Å². The minimum absolute atomic E-state index is 0.0785. The van der Waals surface area contributed by atoms with Crippen LogP contribution in [-0.2, 0) is 16.6 Å². The fraction of sp³-hybridized carbons (Fsp3) is 0.412. The van der Waals surface area contributed by atoms with Crippen LogP contribution in [0.2, 0.25) is 0 Å². The van der Waals surface area contributed by atoms with Gasteiger partial charge in [0.1, 0.15) is 0 Å². The predicted molar refractivity (Wildman–Crippen MR) is 85.7 cm³/mol. The normalized spacial score (nSPS) is 11.0. The smallest absolute Gasteiger partial charge is 0.226 e. The van der Waals surface area contributed by atoms with E-state index in [4.69, 9.17) is 9.78 Å². The number of benzene rings is 1. The molecule has 0 saturated carbocycles. The van der Waals surface area contributed by atoms with Crippen LogP contribution in [0.25, 0.3) is 0 Å². The zero-order valence-corrected chi connectivity index (χ0v) is 13.6. The van der Waals surface area contributed by atoms with Crippen molar-refractivity contribution in [3.63, 3.8) is 0 Å². The summed E-state index contributed by atoms with van der Waals surface area (Å²) >= 11 is 0. The average molecular weight is 312 g/mol. The van der Waals surface area contributed by atoms with Crippen LogP contribution in [0.1, 0.15) is 50.9 Å². The lowest BCUT2D eigenvalue weighted by molar-refractivity contribution is -0.116. The summed E-state index contributed by atoms with van der Waals surface area (Å²) in [7, 11) is 0. The van der Waals surface area contributed by atoms with Gasteiger partial charge >= 0.3 is 0 Å². The Morgan fingerprint density at radius 3 is 2.57 bits per heavy atom. The molecule has 1 N–H and O–H groups in total. The first-order valence-electron chi connectivity index (χ1n) is 7.51. The van der Waals surface area contributed by atoms with Crippen molar-refractivity contribution >= 4 is 11.6 Å². The lowest BCUT2D eigenvalue weighted by atomic mass is 9.96. The van der Waals surface area contributed by atoms with Gasteiger partial charge < -0.3 is 9.84 Å². The van der Waals surface area contributed by atoms with Crippen LogP contribution in [0.15, 0.2) is 28.8 Å². The van der Waals surface area contributed by atoms with Crippen molar-refractivity contribution < 1.29 is 9.32 Å². The second-order valence-electron chi connectivity index (χ2n) is 6.35. The van der Waals surface area contributed by atoms with E-state index in [1.54, 1.807) is 24.3 Å². The van der Waals surface area contributed by atoms with Gasteiger partial charge in [0, 0.05) is 23.9 Å². The highest BCUT2D eigenvalue weighted by Gasteiger charge is 2.20.